The molecule has 1 saturated heterocycles. The summed E-state index contributed by atoms with van der Waals surface area (Å²) in [6, 6.07) is 6.98. The van der Waals surface area contributed by atoms with E-state index in [0.29, 0.717) is 22.8 Å². The molecule has 33 heavy (non-hydrogen) atoms. The monoisotopic (exact) mass is 494 g/mol. The molecular weight excluding hydrogens is 475 g/mol. The van der Waals surface area contributed by atoms with Crippen LogP contribution in [0.3, 0.4) is 0 Å². The molecule has 0 radical (unpaired) electrons. The van der Waals surface area contributed by atoms with Crippen LogP contribution in [0.2, 0.25) is 5.02 Å². The number of halogens is 2. The minimum Gasteiger partial charge on any atom is -0.493 e. The highest BCUT2D eigenvalue weighted by Gasteiger charge is 2.35. The molecule has 3 rings (SSSR count). The summed E-state index contributed by atoms with van der Waals surface area (Å²) in [7, 11) is 4.42. The second-order valence-electron chi connectivity index (χ2n) is 6.67. The van der Waals surface area contributed by atoms with Gasteiger partial charge in [-0.25, -0.2) is 4.39 Å². The van der Waals surface area contributed by atoms with Crippen LogP contribution in [0.25, 0.3) is 6.08 Å². The van der Waals surface area contributed by atoms with E-state index in [1.165, 1.54) is 39.5 Å². The zero-order chi connectivity index (χ0) is 24.1. The third-order valence-corrected chi connectivity index (χ3v) is 5.80. The largest absolute Gasteiger partial charge is 0.493 e. The van der Waals surface area contributed by atoms with Crippen LogP contribution in [-0.2, 0) is 4.79 Å². The molecule has 0 atom stereocenters. The van der Waals surface area contributed by atoms with Gasteiger partial charge in [0, 0.05) is 18.1 Å². The number of benzene rings is 2. The van der Waals surface area contributed by atoms with Crippen molar-refractivity contribution >= 4 is 46.5 Å². The fourth-order valence-corrected chi connectivity index (χ4v) is 4.10. The molecule has 2 aromatic carbocycles. The van der Waals surface area contributed by atoms with E-state index in [1.807, 2.05) is 0 Å². The predicted molar refractivity (Wildman–Crippen MR) is 123 cm³/mol. The van der Waals surface area contributed by atoms with Gasteiger partial charge >= 0.3 is 0 Å². The van der Waals surface area contributed by atoms with Gasteiger partial charge in [0.05, 0.1) is 31.8 Å². The third-order valence-electron chi connectivity index (χ3n) is 4.66. The maximum atomic E-state index is 13.9. The van der Waals surface area contributed by atoms with E-state index < -0.39 is 22.9 Å². The smallest absolute Gasteiger partial charge is 0.293 e. The number of hydrogen-bond acceptors (Lipinski definition) is 7. The Morgan fingerprint density at radius 1 is 1.12 bits per heavy atom. The summed E-state index contributed by atoms with van der Waals surface area (Å²) in [6.07, 6.45) is 1.54. The van der Waals surface area contributed by atoms with Gasteiger partial charge in [-0.1, -0.05) is 11.6 Å². The topological polar surface area (TPSA) is 94.2 Å². The molecule has 1 N–H and O–H groups in total. The minimum absolute atomic E-state index is 0.0452. The molecule has 2 aromatic rings. The molecule has 1 heterocycles. The standard InChI is InChI=1S/C22H20ClFN2O6S/c1-30-16-8-12(9-17(31-2)19(16)32-3)10-18-21(28)26(22(29)33-18)7-6-25-20(27)14-5-4-13(23)11-15(14)24/h4-5,8-11H,6-7H2,1-3H3,(H,25,27)/b18-10-. The zero-order valence-electron chi connectivity index (χ0n) is 17.9. The first-order valence-electron chi connectivity index (χ1n) is 9.57. The molecule has 0 saturated carbocycles. The number of rotatable bonds is 8. The van der Waals surface area contributed by atoms with E-state index in [0.717, 1.165) is 22.7 Å². The Hall–Kier alpha value is -3.24. The van der Waals surface area contributed by atoms with Gasteiger partial charge in [0.15, 0.2) is 11.5 Å². The van der Waals surface area contributed by atoms with Crippen molar-refractivity contribution in [2.24, 2.45) is 0 Å². The second kappa shape index (κ2) is 10.6. The van der Waals surface area contributed by atoms with Gasteiger partial charge < -0.3 is 19.5 Å². The van der Waals surface area contributed by atoms with Crippen LogP contribution in [0.4, 0.5) is 9.18 Å². The second-order valence-corrected chi connectivity index (χ2v) is 8.10. The number of carbonyl (C=O) groups is 3. The number of thioether (sulfide) groups is 1. The number of nitrogens with zero attached hydrogens (tertiary/aromatic N) is 1. The lowest BCUT2D eigenvalue weighted by Gasteiger charge is -2.14. The van der Waals surface area contributed by atoms with Crippen molar-refractivity contribution < 1.29 is 33.0 Å². The van der Waals surface area contributed by atoms with E-state index in [4.69, 9.17) is 25.8 Å². The SMILES string of the molecule is COc1cc(/C=C2\SC(=O)N(CCNC(=O)c3ccc(Cl)cc3F)C2=O)cc(OC)c1OC. The van der Waals surface area contributed by atoms with Gasteiger partial charge in [0.25, 0.3) is 17.1 Å². The van der Waals surface area contributed by atoms with Crippen molar-refractivity contribution in [3.63, 3.8) is 0 Å². The molecule has 0 aliphatic carbocycles. The van der Waals surface area contributed by atoms with Crippen LogP contribution in [0.1, 0.15) is 15.9 Å². The van der Waals surface area contributed by atoms with E-state index in [9.17, 15) is 18.8 Å². The summed E-state index contributed by atoms with van der Waals surface area (Å²) in [4.78, 5) is 38.4. The van der Waals surface area contributed by atoms with Crippen LogP contribution in [0, 0.1) is 5.82 Å². The average molecular weight is 495 g/mol. The van der Waals surface area contributed by atoms with Crippen LogP contribution in [0.5, 0.6) is 17.2 Å². The zero-order valence-corrected chi connectivity index (χ0v) is 19.5. The number of amides is 3. The summed E-state index contributed by atoms with van der Waals surface area (Å²) in [6.45, 7) is -0.116. The molecule has 1 aliphatic heterocycles. The van der Waals surface area contributed by atoms with E-state index in [1.54, 1.807) is 12.1 Å². The lowest BCUT2D eigenvalue weighted by molar-refractivity contribution is -0.122. The number of hydrogen-bond donors (Lipinski definition) is 1. The molecule has 0 bridgehead atoms. The Kier molecular flexibility index (Phi) is 7.83. The maximum Gasteiger partial charge on any atom is 0.293 e. The maximum absolute atomic E-state index is 13.9. The summed E-state index contributed by atoms with van der Waals surface area (Å²) >= 11 is 6.45. The predicted octanol–water partition coefficient (Wildman–Crippen LogP) is 3.97. The van der Waals surface area contributed by atoms with Crippen molar-refractivity contribution in [3.05, 3.63) is 57.2 Å². The molecular formula is C22H20ClFN2O6S. The summed E-state index contributed by atoms with van der Waals surface area (Å²) in [5.41, 5.74) is 0.386. The fraction of sp³-hybridized carbons (Fsp3) is 0.227. The van der Waals surface area contributed by atoms with Crippen molar-refractivity contribution in [1.82, 2.24) is 10.2 Å². The lowest BCUT2D eigenvalue weighted by atomic mass is 10.1. The Morgan fingerprint density at radius 2 is 1.79 bits per heavy atom. The van der Waals surface area contributed by atoms with E-state index in [-0.39, 0.29) is 28.6 Å². The number of nitrogens with one attached hydrogen (secondary N) is 1. The van der Waals surface area contributed by atoms with Gasteiger partial charge in [-0.2, -0.15) is 0 Å². The molecule has 0 unspecified atom stereocenters. The number of carbonyl (C=O) groups excluding carboxylic acids is 3. The Morgan fingerprint density at radius 3 is 2.36 bits per heavy atom. The Balaban J connectivity index is 1.69. The number of ether oxygens (including phenoxy) is 3. The number of methoxy groups -OCH3 is 3. The van der Waals surface area contributed by atoms with E-state index >= 15 is 0 Å². The minimum atomic E-state index is -0.764. The van der Waals surface area contributed by atoms with Crippen LogP contribution in [0.15, 0.2) is 35.2 Å². The highest BCUT2D eigenvalue weighted by molar-refractivity contribution is 8.18. The highest BCUT2D eigenvalue weighted by Crippen LogP contribution is 2.40. The fourth-order valence-electron chi connectivity index (χ4n) is 3.08. The van der Waals surface area contributed by atoms with E-state index in [2.05, 4.69) is 5.32 Å². The van der Waals surface area contributed by atoms with Gasteiger partial charge in [0.2, 0.25) is 5.75 Å². The molecule has 8 nitrogen and oxygen atoms in total. The highest BCUT2D eigenvalue weighted by atomic mass is 35.5. The van der Waals surface area contributed by atoms with Crippen molar-refractivity contribution in [1.29, 1.82) is 0 Å². The molecule has 0 spiro atoms. The van der Waals surface area contributed by atoms with Gasteiger partial charge in [-0.3, -0.25) is 19.3 Å². The molecule has 174 valence electrons. The molecule has 0 aromatic heterocycles. The van der Waals surface area contributed by atoms with Crippen molar-refractivity contribution in [2.75, 3.05) is 34.4 Å². The summed E-state index contributed by atoms with van der Waals surface area (Å²) in [5.74, 6) is -0.744. The van der Waals surface area contributed by atoms with Crippen molar-refractivity contribution in [3.8, 4) is 17.2 Å². The molecule has 1 fully saturated rings. The molecule has 11 heteroatoms. The lowest BCUT2D eigenvalue weighted by Crippen LogP contribution is -2.37. The first kappa shape index (κ1) is 24.4. The number of imide groups is 1. The van der Waals surface area contributed by atoms with Crippen LogP contribution < -0.4 is 19.5 Å². The van der Waals surface area contributed by atoms with Crippen LogP contribution in [-0.4, -0.2) is 56.4 Å². The first-order valence-corrected chi connectivity index (χ1v) is 10.8. The van der Waals surface area contributed by atoms with Gasteiger partial charge in [0.1, 0.15) is 5.82 Å². The van der Waals surface area contributed by atoms with Gasteiger partial charge in [-0.15, -0.1) is 0 Å². The van der Waals surface area contributed by atoms with Crippen LogP contribution >= 0.6 is 23.4 Å². The quantitative estimate of drug-likeness (QED) is 0.555. The Bertz CT molecular complexity index is 1110. The summed E-state index contributed by atoms with van der Waals surface area (Å²) in [5, 5.41) is 2.18. The average Bonchev–Trinajstić information content (AvgIpc) is 3.05. The first-order chi connectivity index (χ1) is 15.8. The Labute approximate surface area is 198 Å². The summed E-state index contributed by atoms with van der Waals surface area (Å²) < 4.78 is 29.7. The molecule has 1 aliphatic rings. The van der Waals surface area contributed by atoms with Gasteiger partial charge in [-0.05, 0) is 53.7 Å². The normalized spacial score (nSPS) is 14.6. The third kappa shape index (κ3) is 5.40. The van der Waals surface area contributed by atoms with Crippen molar-refractivity contribution in [2.45, 2.75) is 0 Å². The molecule has 3 amide bonds.